The van der Waals surface area contributed by atoms with E-state index in [9.17, 15) is 4.79 Å². The molecule has 10 nitrogen and oxygen atoms in total. The lowest BCUT2D eigenvalue weighted by molar-refractivity contribution is 0.0514. The predicted octanol–water partition coefficient (Wildman–Crippen LogP) is 7.24. The molecule has 0 spiro atoms. The summed E-state index contributed by atoms with van der Waals surface area (Å²) >= 11 is 1.63. The van der Waals surface area contributed by atoms with Crippen molar-refractivity contribution in [3.05, 3.63) is 41.8 Å². The minimum atomic E-state index is -1.22. The van der Waals surface area contributed by atoms with Gasteiger partial charge in [-0.15, -0.1) is 10.2 Å². The van der Waals surface area contributed by atoms with E-state index in [0.29, 0.717) is 19.3 Å². The molecule has 218 valence electrons. The number of hydrogen-bond donors (Lipinski definition) is 0. The minimum absolute atomic E-state index is 0.345. The van der Waals surface area contributed by atoms with Crippen molar-refractivity contribution in [1.29, 1.82) is 0 Å². The Balaban J connectivity index is 1.42. The van der Waals surface area contributed by atoms with Crippen molar-refractivity contribution in [1.82, 2.24) is 29.9 Å². The summed E-state index contributed by atoms with van der Waals surface area (Å²) in [6.07, 6.45) is 9.35. The smallest absolute Gasteiger partial charge is 0.435 e. The number of fused-ring (bicyclic) bond motifs is 1. The molecular formula is C29H39N7O3SSi. The van der Waals surface area contributed by atoms with Gasteiger partial charge >= 0.3 is 6.09 Å². The van der Waals surface area contributed by atoms with Gasteiger partial charge in [0.2, 0.25) is 5.13 Å². The van der Waals surface area contributed by atoms with Crippen molar-refractivity contribution in [3.63, 3.8) is 0 Å². The molecule has 1 aliphatic carbocycles. The molecule has 0 aromatic carbocycles. The highest BCUT2D eigenvalue weighted by Gasteiger charge is 2.24. The second-order valence-electron chi connectivity index (χ2n) is 12.8. The topological polar surface area (TPSA) is 108 Å². The van der Waals surface area contributed by atoms with Crippen LogP contribution < -0.4 is 4.90 Å². The van der Waals surface area contributed by atoms with Crippen LogP contribution in [0.15, 0.2) is 36.8 Å². The number of carbonyl (C=O) groups excluding carboxylic acids is 1. The summed E-state index contributed by atoms with van der Waals surface area (Å²) in [7, 11) is -1.22. The summed E-state index contributed by atoms with van der Waals surface area (Å²) in [5.41, 5.74) is 2.42. The molecule has 4 heterocycles. The SMILES string of the molecule is CC(C)(C)OC(=O)n1cc(-c2cnc3ccc(N(COCC[Si](C)(C)C)c4nnc(C5CCCC5)s4)nc3c2)cn1. The molecule has 0 unspecified atom stereocenters. The summed E-state index contributed by atoms with van der Waals surface area (Å²) in [6.45, 7) is 13.6. The number of nitrogens with zero attached hydrogens (tertiary/aromatic N) is 7. The Labute approximate surface area is 246 Å². The van der Waals surface area contributed by atoms with Gasteiger partial charge in [0.15, 0.2) is 0 Å². The summed E-state index contributed by atoms with van der Waals surface area (Å²) in [6, 6.07) is 6.95. The van der Waals surface area contributed by atoms with Crippen LogP contribution in [0.1, 0.15) is 57.4 Å². The predicted molar refractivity (Wildman–Crippen MR) is 165 cm³/mol. The van der Waals surface area contributed by atoms with Crippen molar-refractivity contribution < 1.29 is 14.3 Å². The number of aromatic nitrogens is 6. The van der Waals surface area contributed by atoms with Gasteiger partial charge in [-0.05, 0) is 57.9 Å². The van der Waals surface area contributed by atoms with Gasteiger partial charge in [0.1, 0.15) is 23.2 Å². The first-order valence-corrected chi connectivity index (χ1v) is 18.7. The van der Waals surface area contributed by atoms with E-state index in [2.05, 4.69) is 39.9 Å². The maximum absolute atomic E-state index is 12.4. The van der Waals surface area contributed by atoms with E-state index in [0.717, 1.165) is 44.2 Å². The fraction of sp³-hybridized carbons (Fsp3) is 0.517. The van der Waals surface area contributed by atoms with E-state index in [1.165, 1.54) is 30.4 Å². The second-order valence-corrected chi connectivity index (χ2v) is 19.4. The maximum atomic E-state index is 12.4. The van der Waals surface area contributed by atoms with E-state index < -0.39 is 19.8 Å². The van der Waals surface area contributed by atoms with Crippen LogP contribution in [0, 0.1) is 0 Å². The molecule has 41 heavy (non-hydrogen) atoms. The molecule has 4 aromatic rings. The van der Waals surface area contributed by atoms with Crippen molar-refractivity contribution in [2.75, 3.05) is 18.2 Å². The molecule has 0 saturated heterocycles. The number of pyridine rings is 2. The summed E-state index contributed by atoms with van der Waals surface area (Å²) < 4.78 is 12.8. The molecule has 0 bridgehead atoms. The van der Waals surface area contributed by atoms with Crippen LogP contribution in [0.5, 0.6) is 0 Å². The summed E-state index contributed by atoms with van der Waals surface area (Å²) in [4.78, 5) is 24.0. The Morgan fingerprint density at radius 1 is 1.10 bits per heavy atom. The Hall–Kier alpha value is -3.22. The van der Waals surface area contributed by atoms with Crippen LogP contribution in [-0.2, 0) is 9.47 Å². The third-order valence-corrected chi connectivity index (χ3v) is 9.69. The lowest BCUT2D eigenvalue weighted by atomic mass is 10.1. The monoisotopic (exact) mass is 593 g/mol. The number of ether oxygens (including phenoxy) is 2. The van der Waals surface area contributed by atoms with Crippen LogP contribution in [0.25, 0.3) is 22.2 Å². The Bertz CT molecular complexity index is 1500. The van der Waals surface area contributed by atoms with Gasteiger partial charge in [0.05, 0.1) is 17.2 Å². The van der Waals surface area contributed by atoms with E-state index in [-0.39, 0.29) is 0 Å². The zero-order valence-electron chi connectivity index (χ0n) is 24.8. The Kier molecular flexibility index (Phi) is 8.53. The molecule has 0 amide bonds. The molecule has 4 aromatic heterocycles. The number of anilines is 2. The first kappa shape index (κ1) is 29.3. The van der Waals surface area contributed by atoms with E-state index in [4.69, 9.17) is 14.5 Å². The van der Waals surface area contributed by atoms with Crippen LogP contribution in [-0.4, -0.2) is 63.1 Å². The highest BCUT2D eigenvalue weighted by Crippen LogP contribution is 2.38. The van der Waals surface area contributed by atoms with Crippen molar-refractivity contribution in [2.45, 2.75) is 83.7 Å². The normalized spacial score (nSPS) is 14.6. The van der Waals surface area contributed by atoms with Crippen molar-refractivity contribution in [2.24, 2.45) is 0 Å². The Morgan fingerprint density at radius 2 is 1.88 bits per heavy atom. The van der Waals surface area contributed by atoms with E-state index in [1.807, 2.05) is 43.9 Å². The molecule has 1 aliphatic rings. The standard InChI is InChI=1S/C29H39N7O3SSi/c1-29(2,3)39-28(37)36-18-22(17-31-36)21-15-24-23(30-16-21)11-12-25(32-24)35(19-38-13-14-41(4,5)6)27-34-33-26(40-27)20-9-7-8-10-20/h11-12,15-18,20H,7-10,13-14,19H2,1-6H3. The second kappa shape index (κ2) is 11.9. The molecule has 5 rings (SSSR count). The highest BCUT2D eigenvalue weighted by molar-refractivity contribution is 7.15. The van der Waals surface area contributed by atoms with Gasteiger partial charge in [0, 0.05) is 44.1 Å². The lowest BCUT2D eigenvalue weighted by Crippen LogP contribution is -2.27. The fourth-order valence-corrected chi connectivity index (χ4v) is 6.38. The molecule has 0 aliphatic heterocycles. The largest absolute Gasteiger partial charge is 0.442 e. The van der Waals surface area contributed by atoms with Gasteiger partial charge in [-0.2, -0.15) is 9.78 Å². The van der Waals surface area contributed by atoms with Gasteiger partial charge in [-0.3, -0.25) is 9.88 Å². The molecule has 0 atom stereocenters. The van der Waals surface area contributed by atoms with Crippen LogP contribution in [0.3, 0.4) is 0 Å². The first-order chi connectivity index (χ1) is 19.4. The zero-order valence-corrected chi connectivity index (χ0v) is 26.6. The molecule has 0 radical (unpaired) electrons. The van der Waals surface area contributed by atoms with Gasteiger partial charge < -0.3 is 9.47 Å². The van der Waals surface area contributed by atoms with Crippen molar-refractivity contribution >= 4 is 47.5 Å². The van der Waals surface area contributed by atoms with E-state index >= 15 is 0 Å². The summed E-state index contributed by atoms with van der Waals surface area (Å²) in [5.74, 6) is 1.22. The number of hydrogen-bond acceptors (Lipinski definition) is 10. The molecular weight excluding hydrogens is 555 g/mol. The number of rotatable bonds is 9. The average Bonchev–Trinajstić information content (AvgIpc) is 3.68. The third-order valence-electron chi connectivity index (χ3n) is 6.88. The molecule has 12 heteroatoms. The third kappa shape index (κ3) is 7.55. The quantitative estimate of drug-likeness (QED) is 0.113. The molecule has 1 saturated carbocycles. The first-order valence-electron chi connectivity index (χ1n) is 14.2. The molecule has 1 fully saturated rings. The van der Waals surface area contributed by atoms with Crippen LogP contribution in [0.2, 0.25) is 25.7 Å². The molecule has 0 N–H and O–H groups in total. The zero-order chi connectivity index (χ0) is 29.2. The van der Waals surface area contributed by atoms with E-state index in [1.54, 1.807) is 29.9 Å². The Morgan fingerprint density at radius 3 is 2.61 bits per heavy atom. The van der Waals surface area contributed by atoms with Gasteiger partial charge in [-0.1, -0.05) is 43.8 Å². The lowest BCUT2D eigenvalue weighted by Gasteiger charge is -2.22. The average molecular weight is 594 g/mol. The van der Waals surface area contributed by atoms with Gasteiger partial charge in [0.25, 0.3) is 0 Å². The summed E-state index contributed by atoms with van der Waals surface area (Å²) in [5, 5.41) is 15.2. The fourth-order valence-electron chi connectivity index (χ4n) is 4.61. The van der Waals surface area contributed by atoms with Gasteiger partial charge in [-0.25, -0.2) is 9.78 Å². The highest BCUT2D eigenvalue weighted by atomic mass is 32.1. The maximum Gasteiger partial charge on any atom is 0.435 e. The van der Waals surface area contributed by atoms with Crippen molar-refractivity contribution in [3.8, 4) is 11.1 Å². The van der Waals surface area contributed by atoms with Crippen LogP contribution >= 0.6 is 11.3 Å². The minimum Gasteiger partial charge on any atom is -0.442 e. The van der Waals surface area contributed by atoms with Crippen LogP contribution in [0.4, 0.5) is 15.7 Å². The number of carbonyl (C=O) groups is 1.